The Kier molecular flexibility index (Phi) is 6.29. The van der Waals surface area contributed by atoms with E-state index in [9.17, 15) is 19.7 Å². The van der Waals surface area contributed by atoms with Crippen LogP contribution in [0.4, 0.5) is 11.4 Å². The molecule has 0 saturated carbocycles. The maximum Gasteiger partial charge on any atom is 0.271 e. The number of hydrogen-bond acceptors (Lipinski definition) is 7. The number of carbonyl (C=O) groups excluding carboxylic acids is 2. The zero-order valence-corrected chi connectivity index (χ0v) is 17.0. The summed E-state index contributed by atoms with van der Waals surface area (Å²) < 4.78 is 5.77. The van der Waals surface area contributed by atoms with Gasteiger partial charge in [0.15, 0.2) is 0 Å². The molecular weight excluding hydrogens is 402 g/mol. The van der Waals surface area contributed by atoms with Crippen molar-refractivity contribution in [1.29, 1.82) is 0 Å². The number of primary amides is 1. The molecule has 1 heterocycles. The van der Waals surface area contributed by atoms with Gasteiger partial charge >= 0.3 is 0 Å². The molecule has 10 nitrogen and oxygen atoms in total. The number of anilines is 1. The summed E-state index contributed by atoms with van der Waals surface area (Å²) in [6, 6.07) is 12.1. The van der Waals surface area contributed by atoms with Crippen molar-refractivity contribution in [3.8, 4) is 0 Å². The minimum absolute atomic E-state index is 0.00656. The van der Waals surface area contributed by atoms with Crippen LogP contribution in [-0.2, 0) is 0 Å². The molecule has 31 heavy (non-hydrogen) atoms. The number of nitro groups is 1. The Labute approximate surface area is 177 Å². The second-order valence-corrected chi connectivity index (χ2v) is 6.58. The summed E-state index contributed by atoms with van der Waals surface area (Å²) in [5.74, 6) is -1.39. The van der Waals surface area contributed by atoms with Gasteiger partial charge in [-0.3, -0.25) is 19.7 Å². The molecule has 0 saturated heterocycles. The third-order valence-corrected chi connectivity index (χ3v) is 4.73. The quantitative estimate of drug-likeness (QED) is 0.441. The molecule has 0 fully saturated rings. The van der Waals surface area contributed by atoms with Crippen LogP contribution in [0.25, 0.3) is 11.0 Å². The van der Waals surface area contributed by atoms with Crippen LogP contribution in [0.1, 0.15) is 34.6 Å². The lowest BCUT2D eigenvalue weighted by molar-refractivity contribution is -0.384. The number of fused-ring (bicyclic) bond motifs is 1. The first-order valence-corrected chi connectivity index (χ1v) is 9.55. The Balaban J connectivity index is 1.98. The van der Waals surface area contributed by atoms with E-state index in [1.54, 1.807) is 6.07 Å². The predicted octanol–water partition coefficient (Wildman–Crippen LogP) is 2.53. The van der Waals surface area contributed by atoms with Gasteiger partial charge in [-0.1, -0.05) is 0 Å². The van der Waals surface area contributed by atoms with Crippen molar-refractivity contribution in [3.05, 3.63) is 75.3 Å². The summed E-state index contributed by atoms with van der Waals surface area (Å²) in [6.07, 6.45) is 0. The summed E-state index contributed by atoms with van der Waals surface area (Å²) in [4.78, 5) is 36.5. The van der Waals surface area contributed by atoms with Gasteiger partial charge in [-0.25, -0.2) is 5.43 Å². The van der Waals surface area contributed by atoms with Crippen LogP contribution in [0, 0.1) is 10.1 Å². The van der Waals surface area contributed by atoms with E-state index < -0.39 is 16.7 Å². The molecular formula is C21H21N5O5. The maximum absolute atomic E-state index is 12.3. The van der Waals surface area contributed by atoms with Crippen LogP contribution in [-0.4, -0.2) is 29.8 Å². The molecule has 0 aliphatic heterocycles. The predicted molar refractivity (Wildman–Crippen MR) is 114 cm³/mol. The fourth-order valence-electron chi connectivity index (χ4n) is 3.05. The van der Waals surface area contributed by atoms with Crippen molar-refractivity contribution in [1.82, 2.24) is 5.43 Å². The van der Waals surface area contributed by atoms with Crippen molar-refractivity contribution < 1.29 is 18.9 Å². The molecule has 2 aromatic carbocycles. The van der Waals surface area contributed by atoms with Gasteiger partial charge in [-0.2, -0.15) is 0 Å². The largest absolute Gasteiger partial charge is 0.436 e. The van der Waals surface area contributed by atoms with E-state index in [1.165, 1.54) is 24.3 Å². The number of non-ortho nitro benzene ring substituents is 1. The first-order chi connectivity index (χ1) is 14.8. The molecule has 3 rings (SSSR count). The first-order valence-electron chi connectivity index (χ1n) is 9.55. The van der Waals surface area contributed by atoms with E-state index >= 15 is 0 Å². The zero-order valence-electron chi connectivity index (χ0n) is 17.0. The van der Waals surface area contributed by atoms with Crippen LogP contribution in [0.3, 0.4) is 0 Å². The SMILES string of the molecule is CCN(CC)c1ccc2cc(C(N)=O)/c(=N/NC(=O)c3ccc([N+](=O)[O-])cc3)oc2c1. The van der Waals surface area contributed by atoms with Gasteiger partial charge in [0.25, 0.3) is 17.5 Å². The van der Waals surface area contributed by atoms with E-state index in [0.29, 0.717) is 11.0 Å². The highest BCUT2D eigenvalue weighted by molar-refractivity contribution is 5.96. The fourth-order valence-corrected chi connectivity index (χ4v) is 3.05. The van der Waals surface area contributed by atoms with Gasteiger partial charge < -0.3 is 15.1 Å². The molecule has 160 valence electrons. The lowest BCUT2D eigenvalue weighted by atomic mass is 10.1. The average Bonchev–Trinajstić information content (AvgIpc) is 2.77. The highest BCUT2D eigenvalue weighted by atomic mass is 16.6. The van der Waals surface area contributed by atoms with Gasteiger partial charge in [-0.15, -0.1) is 5.10 Å². The second-order valence-electron chi connectivity index (χ2n) is 6.58. The van der Waals surface area contributed by atoms with Crippen LogP contribution >= 0.6 is 0 Å². The van der Waals surface area contributed by atoms with Crippen molar-refractivity contribution in [2.75, 3.05) is 18.0 Å². The normalized spacial score (nSPS) is 11.4. The average molecular weight is 423 g/mol. The van der Waals surface area contributed by atoms with Crippen molar-refractivity contribution in [2.24, 2.45) is 10.8 Å². The molecule has 3 N–H and O–H groups in total. The molecule has 0 aliphatic rings. The number of nitrogens with one attached hydrogen (secondary N) is 1. The van der Waals surface area contributed by atoms with Gasteiger partial charge in [0.1, 0.15) is 11.1 Å². The lowest BCUT2D eigenvalue weighted by Crippen LogP contribution is -2.27. The Morgan fingerprint density at radius 1 is 1.13 bits per heavy atom. The number of hydrogen-bond donors (Lipinski definition) is 2. The molecule has 0 spiro atoms. The summed E-state index contributed by atoms with van der Waals surface area (Å²) in [5.41, 5.74) is 9.01. The molecule has 0 radical (unpaired) electrons. The topological polar surface area (TPSA) is 144 Å². The minimum atomic E-state index is -0.762. The van der Waals surface area contributed by atoms with Gasteiger partial charge in [-0.05, 0) is 44.2 Å². The smallest absolute Gasteiger partial charge is 0.271 e. The Morgan fingerprint density at radius 3 is 2.39 bits per heavy atom. The number of benzene rings is 2. The third-order valence-electron chi connectivity index (χ3n) is 4.73. The minimum Gasteiger partial charge on any atom is -0.436 e. The standard InChI is InChI=1S/C21H21N5O5/c1-3-25(4-2)16-10-7-14-11-17(19(22)27)21(31-18(14)12-16)24-23-20(28)13-5-8-15(9-6-13)26(29)30/h5-12H,3-4H2,1-2H3,(H2,22,27)(H,23,28)/b24-21-. The van der Waals surface area contributed by atoms with E-state index in [0.717, 1.165) is 18.8 Å². The number of carbonyl (C=O) groups is 2. The summed E-state index contributed by atoms with van der Waals surface area (Å²) >= 11 is 0. The summed E-state index contributed by atoms with van der Waals surface area (Å²) in [5, 5.41) is 15.3. The Bertz CT molecular complexity index is 1210. The van der Waals surface area contributed by atoms with Crippen LogP contribution in [0.2, 0.25) is 0 Å². The Morgan fingerprint density at radius 2 is 1.81 bits per heavy atom. The summed E-state index contributed by atoms with van der Waals surface area (Å²) in [6.45, 7) is 5.69. The van der Waals surface area contributed by atoms with Gasteiger partial charge in [0, 0.05) is 47.9 Å². The first kappa shape index (κ1) is 21.5. The van der Waals surface area contributed by atoms with E-state index in [2.05, 4.69) is 15.4 Å². The van der Waals surface area contributed by atoms with Crippen molar-refractivity contribution >= 4 is 34.2 Å². The number of nitro benzene ring substituents is 1. The van der Waals surface area contributed by atoms with Crippen LogP contribution < -0.4 is 21.6 Å². The van der Waals surface area contributed by atoms with E-state index in [1.807, 2.05) is 32.0 Å². The monoisotopic (exact) mass is 423 g/mol. The zero-order chi connectivity index (χ0) is 22.5. The van der Waals surface area contributed by atoms with E-state index in [4.69, 9.17) is 10.2 Å². The number of rotatable bonds is 7. The lowest BCUT2D eigenvalue weighted by Gasteiger charge is -2.21. The molecule has 1 aromatic heterocycles. The van der Waals surface area contributed by atoms with Gasteiger partial charge in [0.2, 0.25) is 5.55 Å². The molecule has 10 heteroatoms. The van der Waals surface area contributed by atoms with Crippen LogP contribution in [0.5, 0.6) is 0 Å². The molecule has 3 aromatic rings. The highest BCUT2D eigenvalue weighted by Gasteiger charge is 2.13. The number of amides is 2. The summed E-state index contributed by atoms with van der Waals surface area (Å²) in [7, 11) is 0. The van der Waals surface area contributed by atoms with Crippen molar-refractivity contribution in [2.45, 2.75) is 13.8 Å². The second kappa shape index (κ2) is 9.08. The Hall–Kier alpha value is -4.21. The van der Waals surface area contributed by atoms with Crippen molar-refractivity contribution in [3.63, 3.8) is 0 Å². The fraction of sp³-hybridized carbons (Fsp3) is 0.190. The highest BCUT2D eigenvalue weighted by Crippen LogP contribution is 2.22. The molecule has 0 aliphatic carbocycles. The van der Waals surface area contributed by atoms with Crippen LogP contribution in [0.15, 0.2) is 58.0 Å². The molecule has 0 atom stereocenters. The number of nitrogens with zero attached hydrogens (tertiary/aromatic N) is 3. The van der Waals surface area contributed by atoms with Gasteiger partial charge in [0.05, 0.1) is 4.92 Å². The maximum atomic E-state index is 12.3. The molecule has 0 unspecified atom stereocenters. The molecule has 0 bridgehead atoms. The third kappa shape index (κ3) is 4.69. The molecule has 2 amide bonds. The van der Waals surface area contributed by atoms with E-state index in [-0.39, 0.29) is 22.4 Å². The number of nitrogens with two attached hydrogens (primary N) is 1.